The number of rotatable bonds is 7. The molecule has 0 saturated heterocycles. The monoisotopic (exact) mass is 379 g/mol. The van der Waals surface area contributed by atoms with E-state index in [9.17, 15) is 4.79 Å². The van der Waals surface area contributed by atoms with Gasteiger partial charge in [-0.25, -0.2) is 0 Å². The highest BCUT2D eigenvalue weighted by atomic mass is 16.5. The number of carbonyl (C=O) groups excluding carboxylic acids is 1. The molecule has 0 bridgehead atoms. The fraction of sp³-hybridized carbons (Fsp3) is 0.391. The zero-order valence-electron chi connectivity index (χ0n) is 17.3. The zero-order chi connectivity index (χ0) is 20.3. The van der Waals surface area contributed by atoms with Crippen LogP contribution in [0.5, 0.6) is 5.88 Å². The quantitative estimate of drug-likeness (QED) is 0.664. The predicted molar refractivity (Wildman–Crippen MR) is 113 cm³/mol. The van der Waals surface area contributed by atoms with Crippen LogP contribution in [-0.4, -0.2) is 28.1 Å². The highest BCUT2D eigenvalue weighted by Gasteiger charge is 2.30. The molecule has 0 spiro atoms. The third-order valence-electron chi connectivity index (χ3n) is 4.96. The van der Waals surface area contributed by atoms with Crippen molar-refractivity contribution in [3.8, 4) is 5.88 Å². The van der Waals surface area contributed by atoms with Crippen molar-refractivity contribution >= 4 is 16.9 Å². The minimum atomic E-state index is -0.372. The van der Waals surface area contributed by atoms with E-state index in [1.807, 2.05) is 48.1 Å². The Morgan fingerprint density at radius 2 is 1.96 bits per heavy atom. The summed E-state index contributed by atoms with van der Waals surface area (Å²) in [6.07, 6.45) is 3.56. The molecule has 0 fully saturated rings. The summed E-state index contributed by atoms with van der Waals surface area (Å²) < 4.78 is 7.34. The molecule has 0 aliphatic rings. The van der Waals surface area contributed by atoms with Gasteiger partial charge in [-0.15, -0.1) is 0 Å². The first-order valence-corrected chi connectivity index (χ1v) is 9.68. The SMILES string of the molecule is COc1nc2c(ccn2C)cc1C(=O)NC(C)(Cc1ccccc1)CC(C)C. The fourth-order valence-electron chi connectivity index (χ4n) is 3.95. The number of carbonyl (C=O) groups is 1. The Bertz CT molecular complexity index is 963. The zero-order valence-corrected chi connectivity index (χ0v) is 17.3. The van der Waals surface area contributed by atoms with E-state index in [1.165, 1.54) is 5.56 Å². The Morgan fingerprint density at radius 1 is 1.25 bits per heavy atom. The van der Waals surface area contributed by atoms with Crippen molar-refractivity contribution in [2.24, 2.45) is 13.0 Å². The molecule has 1 amide bonds. The number of aromatic nitrogens is 2. The minimum Gasteiger partial charge on any atom is -0.480 e. The number of methoxy groups -OCH3 is 1. The number of hydrogen-bond acceptors (Lipinski definition) is 3. The van der Waals surface area contributed by atoms with E-state index in [4.69, 9.17) is 4.74 Å². The van der Waals surface area contributed by atoms with Crippen molar-refractivity contribution in [2.45, 2.75) is 39.2 Å². The van der Waals surface area contributed by atoms with E-state index in [2.05, 4.69) is 43.2 Å². The lowest BCUT2D eigenvalue weighted by atomic mass is 9.84. The molecule has 0 saturated carbocycles. The van der Waals surface area contributed by atoms with Crippen LogP contribution in [0.1, 0.15) is 43.1 Å². The van der Waals surface area contributed by atoms with E-state index < -0.39 is 0 Å². The molecule has 1 aromatic carbocycles. The molecule has 2 aromatic heterocycles. The molecule has 0 aliphatic carbocycles. The second-order valence-electron chi connectivity index (χ2n) is 8.16. The third-order valence-corrected chi connectivity index (χ3v) is 4.96. The highest BCUT2D eigenvalue weighted by Crippen LogP contribution is 2.26. The summed E-state index contributed by atoms with van der Waals surface area (Å²) in [6, 6.07) is 14.1. The molecular weight excluding hydrogens is 350 g/mol. The number of nitrogens with zero attached hydrogens (tertiary/aromatic N) is 2. The first-order chi connectivity index (χ1) is 13.3. The van der Waals surface area contributed by atoms with Crippen LogP contribution in [0.15, 0.2) is 48.7 Å². The van der Waals surface area contributed by atoms with Crippen LogP contribution in [0, 0.1) is 5.92 Å². The largest absolute Gasteiger partial charge is 0.480 e. The third kappa shape index (κ3) is 4.35. The highest BCUT2D eigenvalue weighted by molar-refractivity contribution is 6.00. The first-order valence-electron chi connectivity index (χ1n) is 9.68. The number of fused-ring (bicyclic) bond motifs is 1. The Morgan fingerprint density at radius 3 is 2.61 bits per heavy atom. The van der Waals surface area contributed by atoms with Crippen molar-refractivity contribution in [1.29, 1.82) is 0 Å². The van der Waals surface area contributed by atoms with Gasteiger partial charge in [0.2, 0.25) is 5.88 Å². The van der Waals surface area contributed by atoms with Gasteiger partial charge in [0, 0.05) is 24.2 Å². The molecular formula is C23H29N3O2. The standard InChI is InChI=1S/C23H29N3O2/c1-16(2)14-23(3,15-17-9-7-6-8-10-17)25-21(27)19-13-18-11-12-26(4)20(18)24-22(19)28-5/h6-13,16H,14-15H2,1-5H3,(H,25,27). The second-order valence-corrected chi connectivity index (χ2v) is 8.16. The van der Waals surface area contributed by atoms with Crippen LogP contribution in [-0.2, 0) is 13.5 Å². The molecule has 5 heteroatoms. The van der Waals surface area contributed by atoms with Crippen molar-refractivity contribution in [3.05, 3.63) is 59.8 Å². The molecule has 148 valence electrons. The van der Waals surface area contributed by atoms with Crippen LogP contribution in [0.2, 0.25) is 0 Å². The van der Waals surface area contributed by atoms with Gasteiger partial charge in [-0.3, -0.25) is 4.79 Å². The molecule has 0 radical (unpaired) electrons. The van der Waals surface area contributed by atoms with Crippen molar-refractivity contribution in [3.63, 3.8) is 0 Å². The van der Waals surface area contributed by atoms with Crippen molar-refractivity contribution in [1.82, 2.24) is 14.9 Å². The molecule has 1 N–H and O–H groups in total. The molecule has 2 heterocycles. The van der Waals surface area contributed by atoms with Crippen LogP contribution in [0.3, 0.4) is 0 Å². The van der Waals surface area contributed by atoms with Gasteiger partial charge in [0.15, 0.2) is 0 Å². The lowest BCUT2D eigenvalue weighted by molar-refractivity contribution is 0.0890. The molecule has 3 rings (SSSR count). The Hall–Kier alpha value is -2.82. The van der Waals surface area contributed by atoms with E-state index in [0.717, 1.165) is 23.9 Å². The van der Waals surface area contributed by atoms with Gasteiger partial charge in [0.25, 0.3) is 5.91 Å². The van der Waals surface area contributed by atoms with Gasteiger partial charge in [-0.1, -0.05) is 44.2 Å². The summed E-state index contributed by atoms with van der Waals surface area (Å²) >= 11 is 0. The van der Waals surface area contributed by atoms with Gasteiger partial charge in [-0.05, 0) is 43.4 Å². The number of benzene rings is 1. The van der Waals surface area contributed by atoms with Gasteiger partial charge in [-0.2, -0.15) is 4.98 Å². The van der Waals surface area contributed by atoms with Crippen LogP contribution < -0.4 is 10.1 Å². The summed E-state index contributed by atoms with van der Waals surface area (Å²) in [5.74, 6) is 0.637. The summed E-state index contributed by atoms with van der Waals surface area (Å²) in [7, 11) is 3.47. The van der Waals surface area contributed by atoms with Gasteiger partial charge in [0.1, 0.15) is 11.2 Å². The van der Waals surface area contributed by atoms with Crippen molar-refractivity contribution in [2.75, 3.05) is 7.11 Å². The molecule has 5 nitrogen and oxygen atoms in total. The number of hydrogen-bond donors (Lipinski definition) is 1. The van der Waals surface area contributed by atoms with E-state index in [0.29, 0.717) is 17.4 Å². The average Bonchev–Trinajstić information content (AvgIpc) is 3.00. The van der Waals surface area contributed by atoms with E-state index >= 15 is 0 Å². The second kappa shape index (κ2) is 8.05. The molecule has 1 atom stereocenters. The summed E-state index contributed by atoms with van der Waals surface area (Å²) in [6.45, 7) is 6.46. The first kappa shape index (κ1) is 19.9. The number of amides is 1. The van der Waals surface area contributed by atoms with Crippen LogP contribution in [0.4, 0.5) is 0 Å². The lowest BCUT2D eigenvalue weighted by Gasteiger charge is -2.33. The summed E-state index contributed by atoms with van der Waals surface area (Å²) in [4.78, 5) is 17.8. The van der Waals surface area contributed by atoms with Gasteiger partial charge in [0.05, 0.1) is 7.11 Å². The maximum atomic E-state index is 13.2. The Kier molecular flexibility index (Phi) is 5.73. The van der Waals surface area contributed by atoms with Crippen LogP contribution in [0.25, 0.3) is 11.0 Å². The minimum absolute atomic E-state index is 0.158. The number of pyridine rings is 1. The average molecular weight is 380 g/mol. The van der Waals surface area contributed by atoms with Crippen LogP contribution >= 0.6 is 0 Å². The number of ether oxygens (including phenoxy) is 1. The molecule has 1 unspecified atom stereocenters. The van der Waals surface area contributed by atoms with E-state index in [1.54, 1.807) is 7.11 Å². The van der Waals surface area contributed by atoms with Crippen molar-refractivity contribution < 1.29 is 9.53 Å². The number of nitrogens with one attached hydrogen (secondary N) is 1. The predicted octanol–water partition coefficient (Wildman–Crippen LogP) is 4.36. The topological polar surface area (TPSA) is 56.2 Å². The lowest BCUT2D eigenvalue weighted by Crippen LogP contribution is -2.48. The maximum absolute atomic E-state index is 13.2. The van der Waals surface area contributed by atoms with E-state index in [-0.39, 0.29) is 11.4 Å². The molecule has 3 aromatic rings. The van der Waals surface area contributed by atoms with Gasteiger partial charge >= 0.3 is 0 Å². The number of aryl methyl sites for hydroxylation is 1. The maximum Gasteiger partial charge on any atom is 0.257 e. The fourth-order valence-corrected chi connectivity index (χ4v) is 3.95. The smallest absolute Gasteiger partial charge is 0.257 e. The Balaban J connectivity index is 1.92. The normalized spacial score (nSPS) is 13.5. The van der Waals surface area contributed by atoms with Gasteiger partial charge < -0.3 is 14.6 Å². The summed E-state index contributed by atoms with van der Waals surface area (Å²) in [5.41, 5.74) is 2.09. The molecule has 0 aliphatic heterocycles. The Labute approximate surface area is 166 Å². The summed E-state index contributed by atoms with van der Waals surface area (Å²) in [5, 5.41) is 4.19. The molecule has 28 heavy (non-hydrogen) atoms.